The van der Waals surface area contributed by atoms with Crippen LogP contribution in [0.15, 0.2) is 60.2 Å². The van der Waals surface area contributed by atoms with E-state index in [1.165, 1.54) is 12.1 Å². The molecule has 3 rings (SSSR count). The van der Waals surface area contributed by atoms with Gasteiger partial charge in [0.2, 0.25) is 17.4 Å². The van der Waals surface area contributed by atoms with Gasteiger partial charge in [-0.3, -0.25) is 4.79 Å². The summed E-state index contributed by atoms with van der Waals surface area (Å²) in [6.45, 7) is 0. The molecule has 0 saturated carbocycles. The molecule has 2 aromatic rings. The van der Waals surface area contributed by atoms with Crippen LogP contribution in [0.1, 0.15) is 18.6 Å². The number of halogens is 2. The third-order valence-electron chi connectivity index (χ3n) is 3.43. The van der Waals surface area contributed by atoms with Gasteiger partial charge in [0.1, 0.15) is 17.4 Å². The molecule has 1 heterocycles. The number of ketones is 1. The van der Waals surface area contributed by atoms with Gasteiger partial charge in [-0.2, -0.15) is 8.42 Å². The van der Waals surface area contributed by atoms with Crippen molar-refractivity contribution >= 4 is 15.9 Å². The van der Waals surface area contributed by atoms with E-state index in [-0.39, 0.29) is 0 Å². The molecule has 0 amide bonds. The molecule has 136 valence electrons. The summed E-state index contributed by atoms with van der Waals surface area (Å²) in [7, 11) is -4.35. The lowest BCUT2D eigenvalue weighted by atomic mass is 10.0. The Kier molecular flexibility index (Phi) is 4.29. The van der Waals surface area contributed by atoms with Gasteiger partial charge in [0, 0.05) is 0 Å². The lowest BCUT2D eigenvalue weighted by molar-refractivity contribution is -0.123. The number of hydrogen-bond acceptors (Lipinski definition) is 6. The van der Waals surface area contributed by atoms with Crippen molar-refractivity contribution in [3.8, 4) is 0 Å². The first kappa shape index (κ1) is 16.5. The molecular formula is C17H13F2NO5S. The molecule has 2 N–H and O–H groups in total. The van der Waals surface area contributed by atoms with Gasteiger partial charge >= 0.3 is 10.1 Å². The molecule has 0 aromatic heterocycles. The maximum Gasteiger partial charge on any atom is 0.313 e. The van der Waals surface area contributed by atoms with Crippen molar-refractivity contribution in [1.29, 1.82) is 0 Å². The van der Waals surface area contributed by atoms with Crippen LogP contribution in [0.4, 0.5) is 8.78 Å². The lowest BCUT2D eigenvalue weighted by Crippen LogP contribution is -2.17. The smallest absolute Gasteiger partial charge is 0.313 e. The van der Waals surface area contributed by atoms with Crippen LogP contribution in [-0.2, 0) is 29.6 Å². The molecule has 1 aliphatic heterocycles. The summed E-state index contributed by atoms with van der Waals surface area (Å²) in [6, 6.07) is 10.6. The van der Waals surface area contributed by atoms with Gasteiger partial charge in [-0.15, -0.1) is 0 Å². The molecule has 9 heteroatoms. The molecule has 0 unspecified atom stereocenters. The third kappa shape index (κ3) is 3.52. The van der Waals surface area contributed by atoms with Crippen LogP contribution in [0.5, 0.6) is 0 Å². The Balaban J connectivity index is 1.90. The third-order valence-corrected chi connectivity index (χ3v) is 4.54. The zero-order chi connectivity index (χ0) is 19.8. The molecule has 26 heavy (non-hydrogen) atoms. The predicted molar refractivity (Wildman–Crippen MR) is 86.6 cm³/mol. The van der Waals surface area contributed by atoms with Crippen molar-refractivity contribution in [3.05, 3.63) is 82.9 Å². The molecule has 0 radical (unpaired) electrons. The Morgan fingerprint density at radius 2 is 1.73 bits per heavy atom. The van der Waals surface area contributed by atoms with Gasteiger partial charge in [-0.25, -0.2) is 8.78 Å². The Hall–Kier alpha value is -2.94. The standard InChI is InChI=1S/C17H13F2NO5S/c18-11-7-4-8-12(19)13(11)15-14(21)16(17(20)24-15)25-26(22,23)9-10-5-2-1-3-6-10/h1-8,15H,9,20H2/t15-/m1/s1/i15D. The van der Waals surface area contributed by atoms with Crippen molar-refractivity contribution < 1.29 is 32.3 Å². The summed E-state index contributed by atoms with van der Waals surface area (Å²) in [4.78, 5) is 12.5. The lowest BCUT2D eigenvalue weighted by Gasteiger charge is -2.11. The number of ether oxygens (including phenoxy) is 1. The Morgan fingerprint density at radius 1 is 1.12 bits per heavy atom. The topological polar surface area (TPSA) is 95.7 Å². The highest BCUT2D eigenvalue weighted by Crippen LogP contribution is 2.35. The van der Waals surface area contributed by atoms with Crippen LogP contribution in [0, 0.1) is 11.6 Å². The fraction of sp³-hybridized carbons (Fsp3) is 0.118. The summed E-state index contributed by atoms with van der Waals surface area (Å²) in [6.07, 6.45) is -2.93. The summed E-state index contributed by atoms with van der Waals surface area (Å²) in [5, 5.41) is 0. The van der Waals surface area contributed by atoms with E-state index in [0.29, 0.717) is 5.56 Å². The Bertz CT molecular complexity index is 1020. The van der Waals surface area contributed by atoms with E-state index in [4.69, 9.17) is 16.0 Å². The van der Waals surface area contributed by atoms with Crippen molar-refractivity contribution in [3.63, 3.8) is 0 Å². The van der Waals surface area contributed by atoms with Crippen molar-refractivity contribution in [2.24, 2.45) is 5.73 Å². The summed E-state index contributed by atoms with van der Waals surface area (Å²) in [5.74, 6) is -6.31. The number of Topliss-reactive ketones (excluding diaryl/α,β-unsaturated/α-hetero) is 1. The van der Waals surface area contributed by atoms with Gasteiger partial charge in [-0.1, -0.05) is 36.4 Å². The molecule has 0 aliphatic carbocycles. The summed E-state index contributed by atoms with van der Waals surface area (Å²) >= 11 is 0. The average molecular weight is 382 g/mol. The number of carbonyl (C=O) groups excluding carboxylic acids is 1. The molecule has 0 spiro atoms. The van der Waals surface area contributed by atoms with Crippen molar-refractivity contribution in [2.45, 2.75) is 11.8 Å². The number of hydrogen-bond donors (Lipinski definition) is 1. The first-order valence-electron chi connectivity index (χ1n) is 7.78. The van der Waals surface area contributed by atoms with Crippen molar-refractivity contribution in [1.82, 2.24) is 0 Å². The monoisotopic (exact) mass is 382 g/mol. The predicted octanol–water partition coefficient (Wildman–Crippen LogP) is 2.28. The maximum atomic E-state index is 14.0. The zero-order valence-corrected chi connectivity index (χ0v) is 13.9. The molecule has 2 aromatic carbocycles. The molecule has 6 nitrogen and oxygen atoms in total. The minimum atomic E-state index is -4.35. The van der Waals surface area contributed by atoms with Crippen LogP contribution in [-0.4, -0.2) is 14.2 Å². The van der Waals surface area contributed by atoms with Crippen molar-refractivity contribution in [2.75, 3.05) is 0 Å². The second-order valence-electron chi connectivity index (χ2n) is 5.32. The van der Waals surface area contributed by atoms with Crippen LogP contribution in [0.2, 0.25) is 0 Å². The highest BCUT2D eigenvalue weighted by molar-refractivity contribution is 7.86. The van der Waals surface area contributed by atoms with E-state index < -0.39 is 56.6 Å². The normalized spacial score (nSPS) is 20.7. The van der Waals surface area contributed by atoms with Gasteiger partial charge in [0.15, 0.2) is 6.08 Å². The molecule has 1 aliphatic rings. The first-order chi connectivity index (χ1) is 12.6. The SMILES string of the molecule is [2H][C@]1(c2c(F)cccc2F)OC(N)=C(OS(=O)(=O)Cc2ccccc2)C1=O. The number of rotatable bonds is 5. The van der Waals surface area contributed by atoms with E-state index in [1.807, 2.05) is 0 Å². The molecule has 1 atom stereocenters. The first-order valence-corrected chi connectivity index (χ1v) is 8.86. The molecule has 0 bridgehead atoms. The van der Waals surface area contributed by atoms with Crippen LogP contribution in [0.25, 0.3) is 0 Å². The van der Waals surface area contributed by atoms with Gasteiger partial charge in [-0.05, 0) is 17.7 Å². The van der Waals surface area contributed by atoms with Gasteiger partial charge in [0.05, 0.1) is 6.93 Å². The van der Waals surface area contributed by atoms with Crippen LogP contribution in [0.3, 0.4) is 0 Å². The van der Waals surface area contributed by atoms with Crippen LogP contribution >= 0.6 is 0 Å². The molecular weight excluding hydrogens is 368 g/mol. The number of carbonyl (C=O) groups is 1. The van der Waals surface area contributed by atoms with Gasteiger partial charge < -0.3 is 14.7 Å². The number of benzene rings is 2. The maximum absolute atomic E-state index is 14.0. The Labute approximate surface area is 149 Å². The Morgan fingerprint density at radius 3 is 2.35 bits per heavy atom. The fourth-order valence-electron chi connectivity index (χ4n) is 2.31. The second-order valence-corrected chi connectivity index (χ2v) is 6.89. The molecule has 0 saturated heterocycles. The minimum absolute atomic E-state index is 0.375. The van der Waals surface area contributed by atoms with E-state index in [0.717, 1.165) is 18.2 Å². The summed E-state index contributed by atoms with van der Waals surface area (Å²) in [5.41, 5.74) is 4.82. The highest BCUT2D eigenvalue weighted by atomic mass is 32.2. The van der Waals surface area contributed by atoms with Gasteiger partial charge in [0.25, 0.3) is 0 Å². The van der Waals surface area contributed by atoms with Crippen LogP contribution < -0.4 is 5.73 Å². The second kappa shape index (κ2) is 6.75. The quantitative estimate of drug-likeness (QED) is 0.797. The average Bonchev–Trinajstić information content (AvgIpc) is 2.79. The minimum Gasteiger partial charge on any atom is -0.460 e. The largest absolute Gasteiger partial charge is 0.460 e. The van der Waals surface area contributed by atoms with E-state index in [2.05, 4.69) is 0 Å². The zero-order valence-electron chi connectivity index (χ0n) is 14.1. The van der Waals surface area contributed by atoms with E-state index in [9.17, 15) is 22.0 Å². The number of nitrogens with two attached hydrogens (primary N) is 1. The van der Waals surface area contributed by atoms with E-state index >= 15 is 0 Å². The highest BCUT2D eigenvalue weighted by Gasteiger charge is 2.42. The summed E-state index contributed by atoms with van der Waals surface area (Å²) < 4.78 is 70.0. The van der Waals surface area contributed by atoms with E-state index in [1.54, 1.807) is 18.2 Å². The fourth-order valence-corrected chi connectivity index (χ4v) is 3.38. The molecule has 0 fully saturated rings.